The summed E-state index contributed by atoms with van der Waals surface area (Å²) in [6.07, 6.45) is 1.52. The van der Waals surface area contributed by atoms with E-state index in [4.69, 9.17) is 16.3 Å². The molecule has 1 atom stereocenters. The number of nitrogens with zero attached hydrogens (tertiary/aromatic N) is 2. The lowest BCUT2D eigenvalue weighted by Crippen LogP contribution is -2.57. The minimum absolute atomic E-state index is 0.0239. The molecule has 2 saturated heterocycles. The molecule has 25 heavy (non-hydrogen) atoms. The van der Waals surface area contributed by atoms with Crippen molar-refractivity contribution in [3.8, 4) is 5.75 Å². The van der Waals surface area contributed by atoms with Crippen LogP contribution >= 0.6 is 11.6 Å². The standard InChI is InChI=1S/C16H22ClN3O4S/c1-24-14-5-4-12(17)9-15(14)25(22,23)19-7-2-3-13(11-19)20-8-6-18-10-16(20)21/h4-5,9,13,18H,2-3,6-8,10-11H2,1H3. The summed E-state index contributed by atoms with van der Waals surface area (Å²) in [6, 6.07) is 4.46. The van der Waals surface area contributed by atoms with Crippen molar-refractivity contribution in [1.29, 1.82) is 0 Å². The molecule has 2 aliphatic heterocycles. The summed E-state index contributed by atoms with van der Waals surface area (Å²) in [5.41, 5.74) is 0. The highest BCUT2D eigenvalue weighted by atomic mass is 35.5. The molecule has 0 saturated carbocycles. The van der Waals surface area contributed by atoms with Crippen LogP contribution in [-0.2, 0) is 14.8 Å². The predicted octanol–water partition coefficient (Wildman–Crippen LogP) is 0.933. The molecule has 7 nitrogen and oxygen atoms in total. The molecular formula is C16H22ClN3O4S. The summed E-state index contributed by atoms with van der Waals surface area (Å²) in [5, 5.41) is 3.38. The number of ether oxygens (including phenoxy) is 1. The van der Waals surface area contributed by atoms with Gasteiger partial charge in [-0.15, -0.1) is 0 Å². The van der Waals surface area contributed by atoms with Crippen molar-refractivity contribution in [2.75, 3.05) is 39.8 Å². The molecular weight excluding hydrogens is 366 g/mol. The highest BCUT2D eigenvalue weighted by Crippen LogP contribution is 2.31. The summed E-state index contributed by atoms with van der Waals surface area (Å²) >= 11 is 5.99. The third-order valence-corrected chi connectivity index (χ3v) is 6.79. The maximum Gasteiger partial charge on any atom is 0.246 e. The second kappa shape index (κ2) is 7.49. The molecule has 1 N–H and O–H groups in total. The van der Waals surface area contributed by atoms with Crippen molar-refractivity contribution < 1.29 is 17.9 Å². The van der Waals surface area contributed by atoms with Crippen molar-refractivity contribution >= 4 is 27.5 Å². The normalized spacial score (nSPS) is 22.9. The smallest absolute Gasteiger partial charge is 0.246 e. The lowest BCUT2D eigenvalue weighted by molar-refractivity contribution is -0.135. The summed E-state index contributed by atoms with van der Waals surface area (Å²) in [7, 11) is -2.31. The van der Waals surface area contributed by atoms with Crippen LogP contribution in [0.15, 0.2) is 23.1 Å². The van der Waals surface area contributed by atoms with Gasteiger partial charge in [-0.2, -0.15) is 4.31 Å². The van der Waals surface area contributed by atoms with E-state index in [2.05, 4.69) is 5.32 Å². The first-order chi connectivity index (χ1) is 11.9. The van der Waals surface area contributed by atoms with Gasteiger partial charge in [0.15, 0.2) is 0 Å². The molecule has 0 bridgehead atoms. The number of carbonyl (C=O) groups excluding carboxylic acids is 1. The number of methoxy groups -OCH3 is 1. The second-order valence-corrected chi connectivity index (χ2v) is 8.56. The molecule has 3 rings (SSSR count). The van der Waals surface area contributed by atoms with Crippen LogP contribution < -0.4 is 10.1 Å². The minimum atomic E-state index is -3.75. The van der Waals surface area contributed by atoms with Gasteiger partial charge in [0, 0.05) is 37.2 Å². The zero-order chi connectivity index (χ0) is 18.0. The maximum absolute atomic E-state index is 13.1. The van der Waals surface area contributed by atoms with Gasteiger partial charge < -0.3 is 15.0 Å². The molecule has 0 spiro atoms. The Kier molecular flexibility index (Phi) is 5.52. The van der Waals surface area contributed by atoms with Crippen molar-refractivity contribution in [1.82, 2.24) is 14.5 Å². The number of halogens is 1. The van der Waals surface area contributed by atoms with Crippen LogP contribution in [0.3, 0.4) is 0 Å². The molecule has 0 aromatic heterocycles. The van der Waals surface area contributed by atoms with E-state index in [9.17, 15) is 13.2 Å². The third kappa shape index (κ3) is 3.76. The van der Waals surface area contributed by atoms with Crippen molar-refractivity contribution in [3.05, 3.63) is 23.2 Å². The number of sulfonamides is 1. The Balaban J connectivity index is 1.85. The summed E-state index contributed by atoms with van der Waals surface area (Å²) in [5.74, 6) is 0.292. The SMILES string of the molecule is COc1ccc(Cl)cc1S(=O)(=O)N1CCCC(N2CCNCC2=O)C1. The topological polar surface area (TPSA) is 79.0 Å². The number of piperidine rings is 1. The number of hydrogen-bond donors (Lipinski definition) is 1. The van der Waals surface area contributed by atoms with Crippen LogP contribution in [0.25, 0.3) is 0 Å². The van der Waals surface area contributed by atoms with Gasteiger partial charge in [-0.25, -0.2) is 8.42 Å². The average molecular weight is 388 g/mol. The molecule has 1 amide bonds. The Labute approximate surface area is 152 Å². The molecule has 0 radical (unpaired) electrons. The van der Waals surface area contributed by atoms with Crippen LogP contribution in [0, 0.1) is 0 Å². The van der Waals surface area contributed by atoms with Crippen molar-refractivity contribution in [2.45, 2.75) is 23.8 Å². The molecule has 9 heteroatoms. The number of rotatable bonds is 4. The average Bonchev–Trinajstić information content (AvgIpc) is 2.62. The lowest BCUT2D eigenvalue weighted by atomic mass is 10.1. The third-order valence-electron chi connectivity index (χ3n) is 4.67. The van der Waals surface area contributed by atoms with Crippen LogP contribution in [-0.4, -0.2) is 69.4 Å². The molecule has 1 aromatic rings. The Hall–Kier alpha value is -1.35. The first kappa shape index (κ1) is 18.4. The van der Waals surface area contributed by atoms with Gasteiger partial charge in [0.2, 0.25) is 15.9 Å². The lowest BCUT2D eigenvalue weighted by Gasteiger charge is -2.40. The van der Waals surface area contributed by atoms with E-state index in [-0.39, 0.29) is 22.6 Å². The van der Waals surface area contributed by atoms with E-state index in [0.717, 1.165) is 13.0 Å². The van der Waals surface area contributed by atoms with Gasteiger partial charge in [-0.05, 0) is 31.0 Å². The van der Waals surface area contributed by atoms with Crippen molar-refractivity contribution in [2.24, 2.45) is 0 Å². The summed E-state index contributed by atoms with van der Waals surface area (Å²) in [4.78, 5) is 14.0. The first-order valence-corrected chi connectivity index (χ1v) is 10.1. The first-order valence-electron chi connectivity index (χ1n) is 8.27. The van der Waals surface area contributed by atoms with E-state index in [0.29, 0.717) is 37.6 Å². The van der Waals surface area contributed by atoms with E-state index in [1.54, 1.807) is 17.0 Å². The number of hydrogen-bond acceptors (Lipinski definition) is 5. The Bertz CT molecular complexity index is 756. The Morgan fingerprint density at radius 3 is 2.84 bits per heavy atom. The number of amides is 1. The highest BCUT2D eigenvalue weighted by molar-refractivity contribution is 7.89. The van der Waals surface area contributed by atoms with E-state index in [1.165, 1.54) is 17.5 Å². The fourth-order valence-corrected chi connectivity index (χ4v) is 5.33. The quantitative estimate of drug-likeness (QED) is 0.831. The summed E-state index contributed by atoms with van der Waals surface area (Å²) < 4.78 is 32.8. The van der Waals surface area contributed by atoms with Gasteiger partial charge >= 0.3 is 0 Å². The molecule has 2 fully saturated rings. The van der Waals surface area contributed by atoms with Crippen LogP contribution in [0.4, 0.5) is 0 Å². The van der Waals surface area contributed by atoms with E-state index >= 15 is 0 Å². The van der Waals surface area contributed by atoms with Crippen molar-refractivity contribution in [3.63, 3.8) is 0 Å². The zero-order valence-corrected chi connectivity index (χ0v) is 15.6. The fourth-order valence-electron chi connectivity index (χ4n) is 3.39. The zero-order valence-electron chi connectivity index (χ0n) is 14.1. The van der Waals surface area contributed by atoms with Gasteiger partial charge in [0.25, 0.3) is 0 Å². The Morgan fingerprint density at radius 1 is 1.32 bits per heavy atom. The Morgan fingerprint density at radius 2 is 2.12 bits per heavy atom. The van der Waals surface area contributed by atoms with Gasteiger partial charge in [0.1, 0.15) is 10.6 Å². The molecule has 1 aromatic carbocycles. The van der Waals surface area contributed by atoms with Crippen LogP contribution in [0.5, 0.6) is 5.75 Å². The number of nitrogens with one attached hydrogen (secondary N) is 1. The fraction of sp³-hybridized carbons (Fsp3) is 0.562. The molecule has 2 heterocycles. The molecule has 1 unspecified atom stereocenters. The number of carbonyl (C=O) groups is 1. The monoisotopic (exact) mass is 387 g/mol. The van der Waals surface area contributed by atoms with Gasteiger partial charge in [-0.3, -0.25) is 4.79 Å². The molecule has 0 aliphatic carbocycles. The number of benzene rings is 1. The molecule has 138 valence electrons. The highest BCUT2D eigenvalue weighted by Gasteiger charge is 2.36. The summed E-state index contributed by atoms with van der Waals surface area (Å²) in [6.45, 7) is 2.37. The number of piperazine rings is 1. The van der Waals surface area contributed by atoms with Gasteiger partial charge in [-0.1, -0.05) is 11.6 Å². The predicted molar refractivity (Wildman–Crippen MR) is 94.4 cm³/mol. The minimum Gasteiger partial charge on any atom is -0.495 e. The van der Waals surface area contributed by atoms with Crippen LogP contribution in [0.1, 0.15) is 12.8 Å². The van der Waals surface area contributed by atoms with Gasteiger partial charge in [0.05, 0.1) is 13.7 Å². The van der Waals surface area contributed by atoms with Crippen LogP contribution in [0.2, 0.25) is 5.02 Å². The second-order valence-electron chi connectivity index (χ2n) is 6.22. The largest absolute Gasteiger partial charge is 0.495 e. The molecule has 2 aliphatic rings. The van der Waals surface area contributed by atoms with E-state index in [1.807, 2.05) is 0 Å². The van der Waals surface area contributed by atoms with E-state index < -0.39 is 10.0 Å². The maximum atomic E-state index is 13.1.